The zero-order valence-corrected chi connectivity index (χ0v) is 19.8. The van der Waals surface area contributed by atoms with Crippen LogP contribution in [0.15, 0.2) is 36.4 Å². The van der Waals surface area contributed by atoms with Crippen molar-refractivity contribution >= 4 is 52.1 Å². The summed E-state index contributed by atoms with van der Waals surface area (Å²) in [7, 11) is 1.60. The van der Waals surface area contributed by atoms with Gasteiger partial charge in [0.1, 0.15) is 5.75 Å². The van der Waals surface area contributed by atoms with Gasteiger partial charge >= 0.3 is 0 Å². The second kappa shape index (κ2) is 11.0. The van der Waals surface area contributed by atoms with Gasteiger partial charge in [0.15, 0.2) is 17.3 Å². The van der Waals surface area contributed by atoms with E-state index in [4.69, 9.17) is 22.9 Å². The molecule has 1 aliphatic rings. The highest BCUT2D eigenvalue weighted by atomic mass is 35.5. The van der Waals surface area contributed by atoms with Crippen molar-refractivity contribution in [1.29, 1.82) is 5.26 Å². The number of aromatic nitrogens is 2. The molecule has 0 saturated carbocycles. The zero-order chi connectivity index (χ0) is 22.5. The van der Waals surface area contributed by atoms with Crippen molar-refractivity contribution in [3.8, 4) is 11.8 Å². The van der Waals surface area contributed by atoms with Crippen LogP contribution >= 0.6 is 24.0 Å². The number of hydrogen-bond acceptors (Lipinski definition) is 6. The Morgan fingerprint density at radius 2 is 2.00 bits per heavy atom. The number of rotatable bonds is 6. The summed E-state index contributed by atoms with van der Waals surface area (Å²) in [5.41, 5.74) is 1.64. The molecule has 0 radical (unpaired) electrons. The van der Waals surface area contributed by atoms with Crippen LogP contribution < -0.4 is 15.0 Å². The predicted molar refractivity (Wildman–Crippen MR) is 134 cm³/mol. The number of methoxy groups -OCH3 is 1. The summed E-state index contributed by atoms with van der Waals surface area (Å²) in [5, 5.41) is 23.9. The normalized spacial score (nSPS) is 13.6. The first-order valence-corrected chi connectivity index (χ1v) is 10.9. The van der Waals surface area contributed by atoms with Gasteiger partial charge in [-0.2, -0.15) is 5.26 Å². The van der Waals surface area contributed by atoms with E-state index in [1.807, 2.05) is 36.4 Å². The molecule has 2 aromatic carbocycles. The third-order valence-corrected chi connectivity index (χ3v) is 6.07. The molecular formula is C24H24Cl2N6O. The summed E-state index contributed by atoms with van der Waals surface area (Å²) in [6, 6.07) is 13.7. The molecule has 0 unspecified atom stereocenters. The molecule has 7 nitrogen and oxygen atoms in total. The molecule has 0 spiro atoms. The first kappa shape index (κ1) is 24.4. The van der Waals surface area contributed by atoms with E-state index in [1.165, 1.54) is 0 Å². The molecule has 4 rings (SSSR count). The third-order valence-electron chi connectivity index (χ3n) is 5.77. The Morgan fingerprint density at radius 1 is 1.21 bits per heavy atom. The van der Waals surface area contributed by atoms with Crippen LogP contribution in [0, 0.1) is 23.8 Å². The van der Waals surface area contributed by atoms with E-state index < -0.39 is 0 Å². The third kappa shape index (κ3) is 5.39. The van der Waals surface area contributed by atoms with Crippen LogP contribution in [-0.4, -0.2) is 36.9 Å². The summed E-state index contributed by atoms with van der Waals surface area (Å²) < 4.78 is 5.21. The van der Waals surface area contributed by atoms with E-state index in [9.17, 15) is 5.26 Å². The molecule has 1 N–H and O–H groups in total. The molecule has 0 atom stereocenters. The molecule has 1 aromatic heterocycles. The molecule has 0 aliphatic carbocycles. The highest BCUT2D eigenvalue weighted by molar-refractivity contribution is 6.32. The molecule has 1 aliphatic heterocycles. The average molecular weight is 483 g/mol. The number of nitrogens with one attached hydrogen (secondary N) is 1. The summed E-state index contributed by atoms with van der Waals surface area (Å²) in [4.78, 5) is 5.76. The van der Waals surface area contributed by atoms with Gasteiger partial charge in [0, 0.05) is 36.3 Å². The minimum Gasteiger partial charge on any atom is -0.495 e. The van der Waals surface area contributed by atoms with Gasteiger partial charge < -0.3 is 15.0 Å². The average Bonchev–Trinajstić information content (AvgIpc) is 2.84. The van der Waals surface area contributed by atoms with Crippen molar-refractivity contribution in [3.05, 3.63) is 58.4 Å². The standard InChI is InChI=1S/C24H23ClN6O.ClH/c1-27-18-4-5-19-20(14-18)23(28-10-7-16-3-6-22(32-2)21(25)13-16)29-30-24(19)31-11-8-17(15-26)9-12-31;/h3-6,13-14,17H,7-12H2,2H3,(H,28,29);1H. The molecule has 1 saturated heterocycles. The summed E-state index contributed by atoms with van der Waals surface area (Å²) in [6.07, 6.45) is 2.40. The van der Waals surface area contributed by atoms with Gasteiger partial charge in [-0.15, -0.1) is 22.6 Å². The van der Waals surface area contributed by atoms with Gasteiger partial charge in [-0.3, -0.25) is 0 Å². The number of halogens is 2. The Morgan fingerprint density at radius 3 is 2.67 bits per heavy atom. The Bertz CT molecular complexity index is 1210. The Kier molecular flexibility index (Phi) is 8.16. The first-order valence-electron chi connectivity index (χ1n) is 10.5. The Balaban J connectivity index is 0.00000306. The van der Waals surface area contributed by atoms with Gasteiger partial charge in [0.05, 0.1) is 24.8 Å². The first-order chi connectivity index (χ1) is 15.6. The number of benzene rings is 2. The number of piperidine rings is 1. The Hall–Kier alpha value is -3.26. The van der Waals surface area contributed by atoms with E-state index >= 15 is 0 Å². The molecule has 0 amide bonds. The highest BCUT2D eigenvalue weighted by Crippen LogP contribution is 2.33. The van der Waals surface area contributed by atoms with Crippen LogP contribution in [0.1, 0.15) is 18.4 Å². The van der Waals surface area contributed by atoms with Gasteiger partial charge in [-0.25, -0.2) is 4.85 Å². The SMILES string of the molecule is Cl.[C-]#[N+]c1ccc2c(N3CCC(C#N)CC3)nnc(NCCc3ccc(OC)c(Cl)c3)c2c1. The summed E-state index contributed by atoms with van der Waals surface area (Å²) in [6.45, 7) is 9.58. The fourth-order valence-corrected chi connectivity index (χ4v) is 4.25. The van der Waals surface area contributed by atoms with Crippen LogP contribution in [0.25, 0.3) is 15.6 Å². The van der Waals surface area contributed by atoms with Crippen LogP contribution in [0.5, 0.6) is 5.75 Å². The minimum atomic E-state index is 0. The number of nitriles is 1. The fraction of sp³-hybridized carbons (Fsp3) is 0.333. The number of hydrogen-bond donors (Lipinski definition) is 1. The topological polar surface area (TPSA) is 78.4 Å². The molecule has 0 bridgehead atoms. The van der Waals surface area contributed by atoms with E-state index in [1.54, 1.807) is 7.11 Å². The quantitative estimate of drug-likeness (QED) is 0.456. The van der Waals surface area contributed by atoms with Crippen LogP contribution in [0.4, 0.5) is 17.3 Å². The largest absolute Gasteiger partial charge is 0.495 e. The van der Waals surface area contributed by atoms with Gasteiger partial charge in [-0.05, 0) is 43.0 Å². The lowest BCUT2D eigenvalue weighted by Gasteiger charge is -2.30. The lowest BCUT2D eigenvalue weighted by molar-refractivity contribution is 0.415. The van der Waals surface area contributed by atoms with Crippen molar-refractivity contribution in [2.24, 2.45) is 5.92 Å². The maximum atomic E-state index is 9.17. The van der Waals surface area contributed by atoms with Crippen LogP contribution in [-0.2, 0) is 6.42 Å². The van der Waals surface area contributed by atoms with E-state index in [0.717, 1.165) is 54.5 Å². The minimum absolute atomic E-state index is 0. The van der Waals surface area contributed by atoms with Crippen LogP contribution in [0.2, 0.25) is 5.02 Å². The molecule has 9 heteroatoms. The fourth-order valence-electron chi connectivity index (χ4n) is 3.97. The number of anilines is 2. The molecular weight excluding hydrogens is 459 g/mol. The maximum absolute atomic E-state index is 9.17. The number of fused-ring (bicyclic) bond motifs is 1. The lowest BCUT2D eigenvalue weighted by Crippen LogP contribution is -2.34. The van der Waals surface area contributed by atoms with E-state index in [2.05, 4.69) is 31.3 Å². The zero-order valence-electron chi connectivity index (χ0n) is 18.2. The maximum Gasteiger partial charge on any atom is 0.188 e. The highest BCUT2D eigenvalue weighted by Gasteiger charge is 2.22. The summed E-state index contributed by atoms with van der Waals surface area (Å²) in [5.74, 6) is 2.22. The molecule has 3 aromatic rings. The Labute approximate surface area is 204 Å². The van der Waals surface area contributed by atoms with E-state index in [-0.39, 0.29) is 18.3 Å². The number of nitrogens with zero attached hydrogens (tertiary/aromatic N) is 5. The second-order valence-electron chi connectivity index (χ2n) is 7.75. The van der Waals surface area contributed by atoms with Crippen molar-refractivity contribution in [3.63, 3.8) is 0 Å². The van der Waals surface area contributed by atoms with Gasteiger partial charge in [-0.1, -0.05) is 29.8 Å². The number of ether oxygens (including phenoxy) is 1. The van der Waals surface area contributed by atoms with Gasteiger partial charge in [0.2, 0.25) is 0 Å². The van der Waals surface area contributed by atoms with E-state index in [0.29, 0.717) is 28.8 Å². The molecule has 170 valence electrons. The molecule has 1 fully saturated rings. The van der Waals surface area contributed by atoms with Crippen molar-refractivity contribution < 1.29 is 4.74 Å². The smallest absolute Gasteiger partial charge is 0.188 e. The lowest BCUT2D eigenvalue weighted by atomic mass is 9.98. The van der Waals surface area contributed by atoms with Crippen molar-refractivity contribution in [1.82, 2.24) is 10.2 Å². The second-order valence-corrected chi connectivity index (χ2v) is 8.16. The summed E-state index contributed by atoms with van der Waals surface area (Å²) >= 11 is 6.23. The molecule has 33 heavy (non-hydrogen) atoms. The monoisotopic (exact) mass is 482 g/mol. The van der Waals surface area contributed by atoms with Crippen molar-refractivity contribution in [2.75, 3.05) is 37.0 Å². The predicted octanol–water partition coefficient (Wildman–Crippen LogP) is 5.66. The molecule has 2 heterocycles. The van der Waals surface area contributed by atoms with Gasteiger partial charge in [0.25, 0.3) is 0 Å². The van der Waals surface area contributed by atoms with Crippen molar-refractivity contribution in [2.45, 2.75) is 19.3 Å². The van der Waals surface area contributed by atoms with Crippen LogP contribution in [0.3, 0.4) is 0 Å².